The van der Waals surface area contributed by atoms with Crippen molar-refractivity contribution in [1.29, 1.82) is 0 Å². The monoisotopic (exact) mass is 453 g/mol. The van der Waals surface area contributed by atoms with Gasteiger partial charge in [-0.3, -0.25) is 14.5 Å². The third kappa shape index (κ3) is 5.55. The van der Waals surface area contributed by atoms with Crippen LogP contribution in [0.2, 0.25) is 0 Å². The molecule has 0 atom stereocenters. The topological polar surface area (TPSA) is 107 Å². The Kier molecular flexibility index (Phi) is 6.55. The highest BCUT2D eigenvalue weighted by Crippen LogP contribution is 2.32. The van der Waals surface area contributed by atoms with Crippen molar-refractivity contribution in [1.82, 2.24) is 4.98 Å². The maximum absolute atomic E-state index is 12.8. The van der Waals surface area contributed by atoms with Gasteiger partial charge >= 0.3 is 0 Å². The van der Waals surface area contributed by atoms with Gasteiger partial charge in [0.2, 0.25) is 5.91 Å². The quantitative estimate of drug-likeness (QED) is 0.566. The van der Waals surface area contributed by atoms with Crippen LogP contribution in [-0.4, -0.2) is 32.5 Å². The normalized spacial score (nSPS) is 13.1. The molecule has 0 aliphatic carbocycles. The number of anilines is 2. The standard InChI is InChI=1S/C23H23N3O5S/c27-23(11-4-17-3-1-12-24-16-17)25-18-5-7-19(8-6-18)26-32(28,29)20-9-10-21-22(15-20)31-14-2-13-30-21/h1,3,5-10,12,15-16,26H,2,4,11,13-14H2,(H,25,27). The lowest BCUT2D eigenvalue weighted by Crippen LogP contribution is -2.14. The molecule has 166 valence electrons. The molecule has 1 aliphatic heterocycles. The average Bonchev–Trinajstić information content (AvgIpc) is 3.04. The first-order chi connectivity index (χ1) is 15.5. The van der Waals surface area contributed by atoms with Gasteiger partial charge in [-0.15, -0.1) is 0 Å². The maximum Gasteiger partial charge on any atom is 0.262 e. The number of aromatic nitrogens is 1. The SMILES string of the molecule is O=C(CCc1cccnc1)Nc1ccc(NS(=O)(=O)c2ccc3c(c2)OCCCO3)cc1. The van der Waals surface area contributed by atoms with Crippen LogP contribution in [0.25, 0.3) is 0 Å². The summed E-state index contributed by atoms with van der Waals surface area (Å²) in [4.78, 5) is 16.3. The first-order valence-corrected chi connectivity index (χ1v) is 11.7. The van der Waals surface area contributed by atoms with Crippen LogP contribution < -0.4 is 19.5 Å². The van der Waals surface area contributed by atoms with E-state index in [1.807, 2.05) is 12.1 Å². The van der Waals surface area contributed by atoms with Crippen molar-refractivity contribution >= 4 is 27.3 Å². The molecule has 9 heteroatoms. The molecule has 2 aromatic carbocycles. The minimum absolute atomic E-state index is 0.0783. The van der Waals surface area contributed by atoms with Crippen LogP contribution in [0.4, 0.5) is 11.4 Å². The van der Waals surface area contributed by atoms with Crippen LogP contribution in [0.15, 0.2) is 71.9 Å². The van der Waals surface area contributed by atoms with Crippen LogP contribution >= 0.6 is 0 Å². The highest BCUT2D eigenvalue weighted by Gasteiger charge is 2.19. The van der Waals surface area contributed by atoms with Crippen LogP contribution in [-0.2, 0) is 21.2 Å². The summed E-state index contributed by atoms with van der Waals surface area (Å²) in [5.74, 6) is 0.814. The fraction of sp³-hybridized carbons (Fsp3) is 0.217. The van der Waals surface area contributed by atoms with Crippen LogP contribution in [0.5, 0.6) is 11.5 Å². The smallest absolute Gasteiger partial charge is 0.262 e. The van der Waals surface area contributed by atoms with Gasteiger partial charge in [-0.1, -0.05) is 6.07 Å². The van der Waals surface area contributed by atoms with Crippen molar-refractivity contribution < 1.29 is 22.7 Å². The number of fused-ring (bicyclic) bond motifs is 1. The van der Waals surface area contributed by atoms with E-state index in [4.69, 9.17) is 9.47 Å². The molecule has 1 aromatic heterocycles. The summed E-state index contributed by atoms with van der Waals surface area (Å²) < 4.78 is 39.2. The Morgan fingerprint density at radius 1 is 0.969 bits per heavy atom. The zero-order valence-electron chi connectivity index (χ0n) is 17.3. The van der Waals surface area contributed by atoms with Gasteiger partial charge in [-0.2, -0.15) is 0 Å². The Morgan fingerprint density at radius 3 is 2.47 bits per heavy atom. The highest BCUT2D eigenvalue weighted by atomic mass is 32.2. The molecule has 2 heterocycles. The number of pyridine rings is 1. The van der Waals surface area contributed by atoms with Crippen molar-refractivity contribution in [2.24, 2.45) is 0 Å². The third-order valence-corrected chi connectivity index (χ3v) is 6.19. The molecule has 0 spiro atoms. The predicted molar refractivity (Wildman–Crippen MR) is 120 cm³/mol. The zero-order valence-corrected chi connectivity index (χ0v) is 18.1. The summed E-state index contributed by atoms with van der Waals surface area (Å²) in [6.07, 6.45) is 5.07. The Balaban J connectivity index is 1.36. The Labute approximate surface area is 186 Å². The van der Waals surface area contributed by atoms with E-state index in [0.717, 1.165) is 12.0 Å². The molecule has 4 rings (SSSR count). The number of carbonyl (C=O) groups is 1. The number of hydrogen-bond donors (Lipinski definition) is 2. The summed E-state index contributed by atoms with van der Waals surface area (Å²) in [6, 6.07) is 14.8. The fourth-order valence-corrected chi connectivity index (χ4v) is 4.25. The number of nitrogens with one attached hydrogen (secondary N) is 2. The van der Waals surface area contributed by atoms with Gasteiger partial charge in [-0.25, -0.2) is 8.42 Å². The number of ether oxygens (including phenoxy) is 2. The first kappa shape index (κ1) is 21.6. The molecule has 0 saturated carbocycles. The molecule has 32 heavy (non-hydrogen) atoms. The number of aryl methyl sites for hydroxylation is 1. The van der Waals surface area contributed by atoms with E-state index < -0.39 is 10.0 Å². The van der Waals surface area contributed by atoms with Gasteiger partial charge in [0.1, 0.15) is 0 Å². The number of carbonyl (C=O) groups excluding carboxylic acids is 1. The predicted octanol–water partition coefficient (Wildman–Crippen LogP) is 3.62. The van der Waals surface area contributed by atoms with Crippen molar-refractivity contribution in [3.05, 3.63) is 72.6 Å². The molecular formula is C23H23N3O5S. The average molecular weight is 454 g/mol. The number of rotatable bonds is 7. The number of hydrogen-bond acceptors (Lipinski definition) is 6. The first-order valence-electron chi connectivity index (χ1n) is 10.2. The molecule has 3 aromatic rings. The van der Waals surface area contributed by atoms with Crippen LogP contribution in [0.1, 0.15) is 18.4 Å². The van der Waals surface area contributed by atoms with E-state index in [2.05, 4.69) is 15.0 Å². The number of benzene rings is 2. The summed E-state index contributed by atoms with van der Waals surface area (Å²) in [5.41, 5.74) is 1.95. The Hall–Kier alpha value is -3.59. The molecule has 0 unspecified atom stereocenters. The zero-order chi connectivity index (χ0) is 22.4. The second-order valence-corrected chi connectivity index (χ2v) is 8.93. The van der Waals surface area contributed by atoms with E-state index in [1.165, 1.54) is 12.1 Å². The molecule has 0 bridgehead atoms. The molecule has 2 N–H and O–H groups in total. The fourth-order valence-electron chi connectivity index (χ4n) is 3.17. The number of sulfonamides is 1. The maximum atomic E-state index is 12.8. The van der Waals surface area contributed by atoms with E-state index >= 15 is 0 Å². The van der Waals surface area contributed by atoms with Crippen molar-refractivity contribution in [3.63, 3.8) is 0 Å². The molecule has 0 saturated heterocycles. The van der Waals surface area contributed by atoms with E-state index in [-0.39, 0.29) is 10.8 Å². The second-order valence-electron chi connectivity index (χ2n) is 7.25. The van der Waals surface area contributed by atoms with Gasteiger partial charge < -0.3 is 14.8 Å². The molecule has 0 radical (unpaired) electrons. The Bertz CT molecular complexity index is 1180. The van der Waals surface area contributed by atoms with Gasteiger partial charge in [0, 0.05) is 42.7 Å². The minimum Gasteiger partial charge on any atom is -0.490 e. The van der Waals surface area contributed by atoms with E-state index in [9.17, 15) is 13.2 Å². The summed E-state index contributed by atoms with van der Waals surface area (Å²) in [7, 11) is -3.81. The summed E-state index contributed by atoms with van der Waals surface area (Å²) in [6.45, 7) is 1.00. The lowest BCUT2D eigenvalue weighted by atomic mass is 10.1. The second kappa shape index (κ2) is 9.69. The number of amides is 1. The lowest BCUT2D eigenvalue weighted by Gasteiger charge is -2.12. The largest absolute Gasteiger partial charge is 0.490 e. The summed E-state index contributed by atoms with van der Waals surface area (Å²) in [5, 5.41) is 2.81. The van der Waals surface area contributed by atoms with Gasteiger partial charge in [0.05, 0.1) is 18.1 Å². The molecular weight excluding hydrogens is 430 g/mol. The van der Waals surface area contributed by atoms with E-state index in [0.29, 0.717) is 48.9 Å². The van der Waals surface area contributed by atoms with E-state index in [1.54, 1.807) is 42.7 Å². The van der Waals surface area contributed by atoms with Gasteiger partial charge in [0.15, 0.2) is 11.5 Å². The molecule has 0 fully saturated rings. The van der Waals surface area contributed by atoms with Crippen molar-refractivity contribution in [2.45, 2.75) is 24.2 Å². The van der Waals surface area contributed by atoms with Crippen LogP contribution in [0.3, 0.4) is 0 Å². The summed E-state index contributed by atoms with van der Waals surface area (Å²) >= 11 is 0. The lowest BCUT2D eigenvalue weighted by molar-refractivity contribution is -0.116. The Morgan fingerprint density at radius 2 is 1.72 bits per heavy atom. The molecule has 1 aliphatic rings. The number of nitrogens with zero attached hydrogens (tertiary/aromatic N) is 1. The minimum atomic E-state index is -3.81. The molecule has 8 nitrogen and oxygen atoms in total. The molecule has 1 amide bonds. The van der Waals surface area contributed by atoms with Gasteiger partial charge in [0.25, 0.3) is 10.0 Å². The third-order valence-electron chi connectivity index (χ3n) is 4.81. The van der Waals surface area contributed by atoms with Crippen LogP contribution in [0, 0.1) is 0 Å². The highest BCUT2D eigenvalue weighted by molar-refractivity contribution is 7.92. The van der Waals surface area contributed by atoms with Crippen molar-refractivity contribution in [3.8, 4) is 11.5 Å². The van der Waals surface area contributed by atoms with Gasteiger partial charge in [-0.05, 0) is 54.4 Å². The van der Waals surface area contributed by atoms with Crippen molar-refractivity contribution in [2.75, 3.05) is 23.3 Å².